The highest BCUT2D eigenvalue weighted by Crippen LogP contribution is 2.27. The minimum absolute atomic E-state index is 0.00290. The molecular weight excluding hydrogens is 502 g/mol. The van der Waals surface area contributed by atoms with Crippen molar-refractivity contribution in [1.82, 2.24) is 10.6 Å². The van der Waals surface area contributed by atoms with E-state index in [1.54, 1.807) is 6.07 Å². The SMILES string of the molecule is C[C@H](Cc1cccc(CC(=O)NCCCc2ccccc2)c1)NC[C@@H](O)c1ccc(O)c(NS(C)(=O)=O)c1. The fourth-order valence-corrected chi connectivity index (χ4v) is 4.74. The predicted molar refractivity (Wildman–Crippen MR) is 151 cm³/mol. The summed E-state index contributed by atoms with van der Waals surface area (Å²) in [6.07, 6.45) is 2.95. The molecule has 0 saturated heterocycles. The van der Waals surface area contributed by atoms with Gasteiger partial charge < -0.3 is 20.8 Å². The van der Waals surface area contributed by atoms with Gasteiger partial charge in [0.05, 0.1) is 24.5 Å². The summed E-state index contributed by atoms with van der Waals surface area (Å²) in [6, 6.07) is 22.5. The summed E-state index contributed by atoms with van der Waals surface area (Å²) >= 11 is 0. The van der Waals surface area contributed by atoms with Gasteiger partial charge in [-0.3, -0.25) is 9.52 Å². The maximum atomic E-state index is 12.4. The largest absolute Gasteiger partial charge is 0.506 e. The number of phenols is 1. The third kappa shape index (κ3) is 10.2. The van der Waals surface area contributed by atoms with Crippen molar-refractivity contribution in [2.45, 2.75) is 44.8 Å². The Balaban J connectivity index is 1.44. The molecule has 0 aliphatic carbocycles. The third-order valence-corrected chi connectivity index (χ3v) is 6.66. The maximum absolute atomic E-state index is 12.4. The fraction of sp³-hybridized carbons (Fsp3) is 0.345. The van der Waals surface area contributed by atoms with Crippen LogP contribution in [0.1, 0.15) is 41.7 Å². The van der Waals surface area contributed by atoms with E-state index in [0.717, 1.165) is 30.2 Å². The van der Waals surface area contributed by atoms with Crippen LogP contribution in [0.2, 0.25) is 0 Å². The van der Waals surface area contributed by atoms with Gasteiger partial charge in [0.15, 0.2) is 0 Å². The van der Waals surface area contributed by atoms with Gasteiger partial charge in [0, 0.05) is 19.1 Å². The smallest absolute Gasteiger partial charge is 0.229 e. The second-order valence-electron chi connectivity index (χ2n) is 9.62. The summed E-state index contributed by atoms with van der Waals surface area (Å²) < 4.78 is 25.2. The van der Waals surface area contributed by atoms with Crippen molar-refractivity contribution in [2.24, 2.45) is 0 Å². The van der Waals surface area contributed by atoms with Crippen LogP contribution >= 0.6 is 0 Å². The molecule has 0 fully saturated rings. The van der Waals surface area contributed by atoms with Crippen molar-refractivity contribution in [2.75, 3.05) is 24.1 Å². The monoisotopic (exact) mass is 539 g/mol. The number of anilines is 1. The zero-order chi connectivity index (χ0) is 27.5. The Morgan fingerprint density at radius 3 is 2.39 bits per heavy atom. The molecule has 38 heavy (non-hydrogen) atoms. The van der Waals surface area contributed by atoms with Gasteiger partial charge in [-0.25, -0.2) is 8.42 Å². The molecule has 0 bridgehead atoms. The van der Waals surface area contributed by atoms with Crippen LogP contribution in [-0.2, 0) is 34.1 Å². The normalized spacial score (nSPS) is 13.0. The van der Waals surface area contributed by atoms with Gasteiger partial charge in [-0.1, -0.05) is 60.7 Å². The van der Waals surface area contributed by atoms with Crippen molar-refractivity contribution in [3.05, 3.63) is 95.1 Å². The molecule has 0 aromatic heterocycles. The van der Waals surface area contributed by atoms with Crippen molar-refractivity contribution in [3.8, 4) is 5.75 Å². The lowest BCUT2D eigenvalue weighted by atomic mass is 10.0. The molecule has 3 aromatic carbocycles. The number of aliphatic hydroxyl groups is 1. The second kappa shape index (κ2) is 13.9. The molecule has 0 spiro atoms. The topological polar surface area (TPSA) is 128 Å². The Hall–Kier alpha value is -3.40. The van der Waals surface area contributed by atoms with Gasteiger partial charge in [0.25, 0.3) is 0 Å². The first-order valence-electron chi connectivity index (χ1n) is 12.7. The van der Waals surface area contributed by atoms with Crippen molar-refractivity contribution in [1.29, 1.82) is 0 Å². The maximum Gasteiger partial charge on any atom is 0.229 e. The van der Waals surface area contributed by atoms with E-state index in [1.807, 2.05) is 49.4 Å². The lowest BCUT2D eigenvalue weighted by Gasteiger charge is -2.19. The van der Waals surface area contributed by atoms with Crippen LogP contribution in [0, 0.1) is 0 Å². The standard InChI is InChI=1S/C29H37N3O5S/c1-21(31-20-28(34)25-13-14-27(33)26(19-25)32-38(2,36)37)16-23-10-6-11-24(17-23)18-29(35)30-15-7-12-22-8-4-3-5-9-22/h3-6,8-11,13-14,17,19,21,28,31-34H,7,12,15-16,18,20H2,1-2H3,(H,30,35)/t21-,28-/m1/s1. The number of benzene rings is 3. The van der Waals surface area contributed by atoms with E-state index in [1.165, 1.54) is 17.7 Å². The zero-order valence-corrected chi connectivity index (χ0v) is 22.7. The van der Waals surface area contributed by atoms with Crippen molar-refractivity contribution >= 4 is 21.6 Å². The number of phenolic OH excluding ortho intramolecular Hbond substituents is 1. The van der Waals surface area contributed by atoms with E-state index in [9.17, 15) is 23.4 Å². The molecular formula is C29H37N3O5S. The van der Waals surface area contributed by atoms with Crippen molar-refractivity contribution in [3.63, 3.8) is 0 Å². The van der Waals surface area contributed by atoms with E-state index in [0.29, 0.717) is 24.9 Å². The molecule has 0 unspecified atom stereocenters. The van der Waals surface area contributed by atoms with Crippen LogP contribution in [0.4, 0.5) is 5.69 Å². The predicted octanol–water partition coefficient (Wildman–Crippen LogP) is 3.31. The summed E-state index contributed by atoms with van der Waals surface area (Å²) in [5.74, 6) is -0.211. The summed E-state index contributed by atoms with van der Waals surface area (Å²) in [5.41, 5.74) is 3.80. The van der Waals surface area contributed by atoms with E-state index in [4.69, 9.17) is 0 Å². The minimum Gasteiger partial charge on any atom is -0.506 e. The fourth-order valence-electron chi connectivity index (χ4n) is 4.18. The summed E-state index contributed by atoms with van der Waals surface area (Å²) in [7, 11) is -3.56. The Morgan fingerprint density at radius 2 is 1.66 bits per heavy atom. The highest BCUT2D eigenvalue weighted by atomic mass is 32.2. The third-order valence-electron chi connectivity index (χ3n) is 6.07. The van der Waals surface area contributed by atoms with Crippen LogP contribution in [0.3, 0.4) is 0 Å². The number of aromatic hydroxyl groups is 1. The average molecular weight is 540 g/mol. The minimum atomic E-state index is -3.56. The Kier molecular flexibility index (Phi) is 10.7. The summed E-state index contributed by atoms with van der Waals surface area (Å²) in [6.45, 7) is 2.89. The summed E-state index contributed by atoms with van der Waals surface area (Å²) in [5, 5.41) is 26.8. The van der Waals surface area contributed by atoms with Gasteiger partial charge in [-0.2, -0.15) is 0 Å². The molecule has 9 heteroatoms. The molecule has 1 amide bonds. The summed E-state index contributed by atoms with van der Waals surface area (Å²) in [4.78, 5) is 12.4. The molecule has 2 atom stereocenters. The van der Waals surface area contributed by atoms with Crippen LogP contribution in [-0.4, -0.2) is 49.9 Å². The van der Waals surface area contributed by atoms with Gasteiger partial charge in [0.2, 0.25) is 15.9 Å². The molecule has 0 aliphatic heterocycles. The molecule has 3 rings (SSSR count). The number of carbonyl (C=O) groups is 1. The van der Waals surface area contributed by atoms with Gasteiger partial charge in [-0.05, 0) is 60.6 Å². The second-order valence-corrected chi connectivity index (χ2v) is 11.4. The van der Waals surface area contributed by atoms with Crippen LogP contribution in [0.5, 0.6) is 5.75 Å². The van der Waals surface area contributed by atoms with Gasteiger partial charge in [0.1, 0.15) is 5.75 Å². The Bertz CT molecular complexity index is 1300. The Labute approximate surface area is 225 Å². The highest BCUT2D eigenvalue weighted by Gasteiger charge is 2.14. The molecule has 0 aliphatic rings. The first kappa shape index (κ1) is 29.2. The van der Waals surface area contributed by atoms with E-state index < -0.39 is 16.1 Å². The molecule has 204 valence electrons. The number of rotatable bonds is 14. The first-order chi connectivity index (χ1) is 18.1. The molecule has 5 N–H and O–H groups in total. The number of carbonyl (C=O) groups excluding carboxylic acids is 1. The number of aliphatic hydroxyl groups excluding tert-OH is 1. The van der Waals surface area contributed by atoms with E-state index in [-0.39, 0.29) is 29.9 Å². The lowest BCUT2D eigenvalue weighted by Crippen LogP contribution is -2.32. The number of nitrogens with one attached hydrogen (secondary N) is 3. The number of aryl methyl sites for hydroxylation is 1. The van der Waals surface area contributed by atoms with Crippen LogP contribution in [0.25, 0.3) is 0 Å². The van der Waals surface area contributed by atoms with Crippen molar-refractivity contribution < 1.29 is 23.4 Å². The highest BCUT2D eigenvalue weighted by molar-refractivity contribution is 7.92. The lowest BCUT2D eigenvalue weighted by molar-refractivity contribution is -0.120. The Morgan fingerprint density at radius 1 is 0.947 bits per heavy atom. The quantitative estimate of drug-likeness (QED) is 0.158. The average Bonchev–Trinajstić information content (AvgIpc) is 2.86. The first-order valence-corrected chi connectivity index (χ1v) is 14.6. The molecule has 0 heterocycles. The molecule has 8 nitrogen and oxygen atoms in total. The molecule has 0 radical (unpaired) electrons. The zero-order valence-electron chi connectivity index (χ0n) is 21.9. The van der Waals surface area contributed by atoms with Crippen LogP contribution < -0.4 is 15.4 Å². The van der Waals surface area contributed by atoms with E-state index in [2.05, 4.69) is 27.5 Å². The molecule has 0 saturated carbocycles. The van der Waals surface area contributed by atoms with E-state index >= 15 is 0 Å². The number of sulfonamides is 1. The van der Waals surface area contributed by atoms with Gasteiger partial charge in [-0.15, -0.1) is 0 Å². The van der Waals surface area contributed by atoms with Gasteiger partial charge >= 0.3 is 0 Å². The molecule has 3 aromatic rings. The number of amides is 1. The van der Waals surface area contributed by atoms with Crippen LogP contribution in [0.15, 0.2) is 72.8 Å². The number of hydrogen-bond acceptors (Lipinski definition) is 6. The number of hydrogen-bond donors (Lipinski definition) is 5.